The number of alkyl halides is 3. The van der Waals surface area contributed by atoms with Gasteiger partial charge in [-0.1, -0.05) is 23.7 Å². The Labute approximate surface area is 201 Å². The second-order valence-corrected chi connectivity index (χ2v) is 8.28. The molecule has 1 aliphatic rings. The quantitative estimate of drug-likeness (QED) is 0.352. The summed E-state index contributed by atoms with van der Waals surface area (Å²) in [6, 6.07) is 8.47. The van der Waals surface area contributed by atoms with Crippen molar-refractivity contribution in [1.82, 2.24) is 4.98 Å². The number of hydrogen-bond donors (Lipinski definition) is 1. The van der Waals surface area contributed by atoms with Crippen LogP contribution < -0.4 is 4.74 Å². The summed E-state index contributed by atoms with van der Waals surface area (Å²) in [6.07, 6.45) is -2.71. The average molecular weight is 510 g/mol. The van der Waals surface area contributed by atoms with Crippen LogP contribution in [0, 0.1) is 11.6 Å². The highest BCUT2D eigenvalue weighted by atomic mass is 35.5. The van der Waals surface area contributed by atoms with Crippen LogP contribution in [0.1, 0.15) is 51.9 Å². The molecule has 1 N–H and O–H groups in total. The Morgan fingerprint density at radius 3 is 2.49 bits per heavy atom. The normalized spacial score (nSPS) is 13.9. The Morgan fingerprint density at radius 2 is 1.80 bits per heavy atom. The monoisotopic (exact) mass is 509 g/mol. The lowest BCUT2D eigenvalue weighted by atomic mass is 9.95. The van der Waals surface area contributed by atoms with Crippen molar-refractivity contribution in [3.05, 3.63) is 93.1 Å². The number of aromatic nitrogens is 1. The van der Waals surface area contributed by atoms with Gasteiger partial charge in [-0.25, -0.2) is 18.6 Å². The molecule has 0 fully saturated rings. The molecule has 0 aliphatic heterocycles. The largest absolute Gasteiger partial charge is 0.478 e. The third-order valence-electron chi connectivity index (χ3n) is 5.68. The Bertz CT molecular complexity index is 1320. The topological polar surface area (TPSA) is 59.4 Å². The number of benzene rings is 2. The highest BCUT2D eigenvalue weighted by molar-refractivity contribution is 6.31. The molecule has 3 aromatic rings. The molecule has 10 heteroatoms. The zero-order valence-corrected chi connectivity index (χ0v) is 18.7. The molecule has 1 aromatic heterocycles. The number of carbonyl (C=O) groups is 1. The molecule has 2 aromatic carbocycles. The SMILES string of the molecule is O=C(O)c1cc(C2=C(c3cc(C(F)(F)F)cnc3OCc3c(F)cccc3Cl)CCC2)ccc1F. The number of carboxylic acids is 1. The van der Waals surface area contributed by atoms with E-state index in [1.807, 2.05) is 0 Å². The van der Waals surface area contributed by atoms with E-state index >= 15 is 0 Å². The molecule has 0 spiro atoms. The van der Waals surface area contributed by atoms with Crippen LogP contribution in [-0.2, 0) is 12.8 Å². The molecule has 0 saturated carbocycles. The number of rotatable bonds is 6. The number of aromatic carboxylic acids is 1. The first-order valence-corrected chi connectivity index (χ1v) is 10.8. The Hall–Kier alpha value is -3.46. The first-order chi connectivity index (χ1) is 16.6. The van der Waals surface area contributed by atoms with Gasteiger partial charge in [0.05, 0.1) is 16.1 Å². The zero-order valence-electron chi connectivity index (χ0n) is 17.9. The van der Waals surface area contributed by atoms with Crippen LogP contribution in [0.5, 0.6) is 5.88 Å². The van der Waals surface area contributed by atoms with Crippen LogP contribution in [0.4, 0.5) is 22.0 Å². The number of ether oxygens (including phenoxy) is 1. The van der Waals surface area contributed by atoms with Crippen molar-refractivity contribution in [3.63, 3.8) is 0 Å². The molecule has 182 valence electrons. The van der Waals surface area contributed by atoms with Crippen LogP contribution in [0.25, 0.3) is 11.1 Å². The molecule has 0 saturated heterocycles. The minimum absolute atomic E-state index is 0.0204. The van der Waals surface area contributed by atoms with Crippen molar-refractivity contribution >= 4 is 28.7 Å². The van der Waals surface area contributed by atoms with Gasteiger partial charge in [0.1, 0.15) is 18.2 Å². The summed E-state index contributed by atoms with van der Waals surface area (Å²) in [5, 5.41) is 9.35. The first kappa shape index (κ1) is 24.7. The molecule has 35 heavy (non-hydrogen) atoms. The van der Waals surface area contributed by atoms with E-state index in [1.165, 1.54) is 24.3 Å². The predicted octanol–water partition coefficient (Wildman–Crippen LogP) is 7.40. The molecular weight excluding hydrogens is 493 g/mol. The smallest absolute Gasteiger partial charge is 0.417 e. The molecule has 1 aliphatic carbocycles. The maximum Gasteiger partial charge on any atom is 0.417 e. The molecule has 0 bridgehead atoms. The third-order valence-corrected chi connectivity index (χ3v) is 6.04. The van der Waals surface area contributed by atoms with Gasteiger partial charge in [-0.3, -0.25) is 0 Å². The fourth-order valence-electron chi connectivity index (χ4n) is 3.99. The second-order valence-electron chi connectivity index (χ2n) is 7.87. The molecule has 4 nitrogen and oxygen atoms in total. The molecule has 0 unspecified atom stereocenters. The minimum atomic E-state index is -4.68. The fraction of sp³-hybridized carbons (Fsp3) is 0.200. The lowest BCUT2D eigenvalue weighted by Gasteiger charge is -2.17. The van der Waals surface area contributed by atoms with Gasteiger partial charge in [-0.15, -0.1) is 0 Å². The van der Waals surface area contributed by atoms with Crippen LogP contribution in [-0.4, -0.2) is 16.1 Å². The Kier molecular flexibility index (Phi) is 6.80. The molecule has 0 radical (unpaired) electrons. The van der Waals surface area contributed by atoms with Gasteiger partial charge in [0.2, 0.25) is 5.88 Å². The van der Waals surface area contributed by atoms with E-state index in [2.05, 4.69) is 4.98 Å². The predicted molar refractivity (Wildman–Crippen MR) is 119 cm³/mol. The second kappa shape index (κ2) is 9.65. The zero-order chi connectivity index (χ0) is 25.3. The summed E-state index contributed by atoms with van der Waals surface area (Å²) < 4.78 is 74.2. The van der Waals surface area contributed by atoms with Gasteiger partial charge in [0.25, 0.3) is 0 Å². The summed E-state index contributed by atoms with van der Waals surface area (Å²) in [4.78, 5) is 15.2. The van der Waals surface area contributed by atoms with Gasteiger partial charge in [-0.2, -0.15) is 13.2 Å². The van der Waals surface area contributed by atoms with Gasteiger partial charge in [0, 0.05) is 17.3 Å². The summed E-state index contributed by atoms with van der Waals surface area (Å²) in [5.41, 5.74) is -0.101. The van der Waals surface area contributed by atoms with Crippen molar-refractivity contribution in [2.45, 2.75) is 32.0 Å². The summed E-state index contributed by atoms with van der Waals surface area (Å²) in [6.45, 7) is -0.376. The Balaban J connectivity index is 1.82. The van der Waals surface area contributed by atoms with E-state index in [4.69, 9.17) is 16.3 Å². The van der Waals surface area contributed by atoms with Gasteiger partial charge < -0.3 is 9.84 Å². The van der Waals surface area contributed by atoms with E-state index in [1.54, 1.807) is 0 Å². The number of halogens is 6. The minimum Gasteiger partial charge on any atom is -0.478 e. The number of carboxylic acid groups (broad SMARTS) is 1. The van der Waals surface area contributed by atoms with Crippen molar-refractivity contribution in [2.24, 2.45) is 0 Å². The van der Waals surface area contributed by atoms with Crippen LogP contribution in [0.15, 0.2) is 48.7 Å². The summed E-state index contributed by atoms with van der Waals surface area (Å²) in [7, 11) is 0. The van der Waals surface area contributed by atoms with E-state index < -0.39 is 34.9 Å². The molecule has 0 atom stereocenters. The third kappa shape index (κ3) is 5.14. The summed E-state index contributed by atoms with van der Waals surface area (Å²) in [5.74, 6) is -3.18. The van der Waals surface area contributed by atoms with Crippen LogP contribution in [0.2, 0.25) is 5.02 Å². The highest BCUT2D eigenvalue weighted by Crippen LogP contribution is 2.44. The van der Waals surface area contributed by atoms with Crippen LogP contribution in [0.3, 0.4) is 0 Å². The number of hydrogen-bond acceptors (Lipinski definition) is 3. The van der Waals surface area contributed by atoms with E-state index in [0.29, 0.717) is 42.2 Å². The van der Waals surface area contributed by atoms with Crippen molar-refractivity contribution < 1.29 is 36.6 Å². The molecule has 1 heterocycles. The molecular formula is C25H17ClF5NO3. The Morgan fingerprint density at radius 1 is 1.06 bits per heavy atom. The maximum absolute atomic E-state index is 14.2. The van der Waals surface area contributed by atoms with Crippen molar-refractivity contribution in [3.8, 4) is 5.88 Å². The standard InChI is InChI=1S/C25H17ClF5NO3/c26-20-5-2-6-21(27)19(20)12-35-23-17(10-14(11-32-23)25(29,30)31)16-4-1-3-15(16)13-7-8-22(28)18(9-13)24(33)34/h2,5-11H,1,3-4,12H2,(H,33,34). The molecule has 0 amide bonds. The fourth-order valence-corrected chi connectivity index (χ4v) is 4.20. The lowest BCUT2D eigenvalue weighted by molar-refractivity contribution is -0.137. The van der Waals surface area contributed by atoms with Gasteiger partial charge in [-0.05, 0) is 66.3 Å². The van der Waals surface area contributed by atoms with Crippen LogP contribution >= 0.6 is 11.6 Å². The lowest BCUT2D eigenvalue weighted by Crippen LogP contribution is -2.09. The van der Waals surface area contributed by atoms with Crippen molar-refractivity contribution in [1.29, 1.82) is 0 Å². The maximum atomic E-state index is 14.2. The molecule has 4 rings (SSSR count). The van der Waals surface area contributed by atoms with E-state index in [-0.39, 0.29) is 28.6 Å². The first-order valence-electron chi connectivity index (χ1n) is 10.4. The number of allylic oxidation sites excluding steroid dienone is 2. The van der Waals surface area contributed by atoms with E-state index in [9.17, 15) is 31.9 Å². The summed E-state index contributed by atoms with van der Waals surface area (Å²) >= 11 is 6.03. The number of pyridine rings is 1. The van der Waals surface area contributed by atoms with E-state index in [0.717, 1.165) is 18.2 Å². The van der Waals surface area contributed by atoms with Gasteiger partial charge >= 0.3 is 12.1 Å². The number of nitrogens with zero attached hydrogens (tertiary/aromatic N) is 1. The van der Waals surface area contributed by atoms with Crippen molar-refractivity contribution in [2.75, 3.05) is 0 Å². The van der Waals surface area contributed by atoms with Gasteiger partial charge in [0.15, 0.2) is 0 Å². The average Bonchev–Trinajstić information content (AvgIpc) is 3.28. The highest BCUT2D eigenvalue weighted by Gasteiger charge is 2.33.